The first-order valence-electron chi connectivity index (χ1n) is 7.36. The molecule has 0 atom stereocenters. The van der Waals surface area contributed by atoms with Crippen LogP contribution < -0.4 is 10.3 Å². The van der Waals surface area contributed by atoms with Crippen molar-refractivity contribution >= 4 is 28.7 Å². The first-order chi connectivity index (χ1) is 11.9. The van der Waals surface area contributed by atoms with Gasteiger partial charge in [0.2, 0.25) is 5.71 Å². The van der Waals surface area contributed by atoms with Crippen LogP contribution in [0.4, 0.5) is 0 Å². The summed E-state index contributed by atoms with van der Waals surface area (Å²) in [4.78, 5) is 28.8. The molecule has 8 heteroatoms. The zero-order valence-electron chi connectivity index (χ0n) is 13.8. The van der Waals surface area contributed by atoms with Crippen molar-refractivity contribution in [1.29, 1.82) is 0 Å². The summed E-state index contributed by atoms with van der Waals surface area (Å²) < 4.78 is 17.2. The van der Waals surface area contributed by atoms with Crippen molar-refractivity contribution in [3.63, 3.8) is 0 Å². The molecule has 2 aromatic heterocycles. The third-order valence-corrected chi connectivity index (χ3v) is 3.99. The molecule has 1 aromatic carbocycles. The van der Waals surface area contributed by atoms with Crippen LogP contribution in [0, 0.1) is 6.92 Å². The summed E-state index contributed by atoms with van der Waals surface area (Å²) in [7, 11) is 3.06. The maximum atomic E-state index is 12.5. The van der Waals surface area contributed by atoms with Crippen LogP contribution in [0.1, 0.15) is 21.7 Å². The van der Waals surface area contributed by atoms with Crippen molar-refractivity contribution in [1.82, 2.24) is 9.55 Å². The smallest absolute Gasteiger partial charge is 0.342 e. The number of rotatable bonds is 4. The molecule has 0 unspecified atom stereocenters. The zero-order valence-corrected chi connectivity index (χ0v) is 14.6. The van der Waals surface area contributed by atoms with Gasteiger partial charge in [0.1, 0.15) is 35.4 Å². The van der Waals surface area contributed by atoms with Gasteiger partial charge in [-0.25, -0.2) is 9.78 Å². The second kappa shape index (κ2) is 6.60. The zero-order chi connectivity index (χ0) is 18.1. The first kappa shape index (κ1) is 17.0. The molecule has 0 saturated heterocycles. The number of aromatic nitrogens is 2. The molecule has 7 nitrogen and oxygen atoms in total. The summed E-state index contributed by atoms with van der Waals surface area (Å²) in [6.07, 6.45) is 1.33. The first-order valence-corrected chi connectivity index (χ1v) is 7.74. The number of benzene rings is 1. The van der Waals surface area contributed by atoms with Gasteiger partial charge in [-0.3, -0.25) is 4.79 Å². The molecule has 0 N–H and O–H groups in total. The average Bonchev–Trinajstić information content (AvgIpc) is 2.93. The normalized spacial score (nSPS) is 10.9. The maximum Gasteiger partial charge on any atom is 0.342 e. The van der Waals surface area contributed by atoms with Gasteiger partial charge in [0.05, 0.1) is 7.11 Å². The molecular formula is C17H15ClN2O5. The SMILES string of the molecule is COc1ccc(Cl)cc1COC(=O)c1c(C)oc2ncn(C)c(=O)c12. The Kier molecular flexibility index (Phi) is 4.50. The molecule has 0 amide bonds. The average molecular weight is 363 g/mol. The van der Waals surface area contributed by atoms with Gasteiger partial charge < -0.3 is 18.5 Å². The van der Waals surface area contributed by atoms with Gasteiger partial charge in [0, 0.05) is 17.6 Å². The molecule has 0 aliphatic heterocycles. The number of hydrogen-bond donors (Lipinski definition) is 0. The standard InChI is InChI=1S/C17H15ClN2O5/c1-9-13(14-15(25-9)19-8-20(2)16(14)21)17(22)24-7-10-6-11(18)4-5-12(10)23-3/h4-6,8H,7H2,1-3H3. The molecule has 0 aliphatic carbocycles. The van der Waals surface area contributed by atoms with Gasteiger partial charge >= 0.3 is 5.97 Å². The Balaban J connectivity index is 1.94. The number of esters is 1. The molecule has 0 radical (unpaired) electrons. The Hall–Kier alpha value is -2.80. The summed E-state index contributed by atoms with van der Waals surface area (Å²) in [6, 6.07) is 5.01. The molecule has 3 aromatic rings. The van der Waals surface area contributed by atoms with Crippen LogP contribution in [0.2, 0.25) is 5.02 Å². The van der Waals surface area contributed by atoms with Gasteiger partial charge in [-0.2, -0.15) is 0 Å². The fraction of sp³-hybridized carbons (Fsp3) is 0.235. The van der Waals surface area contributed by atoms with Crippen LogP contribution in [0.25, 0.3) is 11.1 Å². The maximum absolute atomic E-state index is 12.5. The highest BCUT2D eigenvalue weighted by Gasteiger charge is 2.24. The Bertz CT molecular complexity index is 1020. The van der Waals surface area contributed by atoms with Gasteiger partial charge in [-0.1, -0.05) is 11.6 Å². The van der Waals surface area contributed by atoms with Crippen molar-refractivity contribution in [3.8, 4) is 5.75 Å². The third-order valence-electron chi connectivity index (χ3n) is 3.75. The van der Waals surface area contributed by atoms with Crippen molar-refractivity contribution in [3.05, 3.63) is 56.8 Å². The molecule has 0 fully saturated rings. The van der Waals surface area contributed by atoms with E-state index in [1.165, 1.54) is 18.0 Å². The van der Waals surface area contributed by atoms with Crippen LogP contribution in [-0.2, 0) is 18.4 Å². The van der Waals surface area contributed by atoms with Gasteiger partial charge in [-0.15, -0.1) is 0 Å². The fourth-order valence-corrected chi connectivity index (χ4v) is 2.70. The number of ether oxygens (including phenoxy) is 2. The molecule has 0 aliphatic rings. The summed E-state index contributed by atoms with van der Waals surface area (Å²) in [6.45, 7) is 1.52. The molecular weight excluding hydrogens is 348 g/mol. The third kappa shape index (κ3) is 3.10. The number of nitrogens with zero attached hydrogens (tertiary/aromatic N) is 2. The van der Waals surface area contributed by atoms with E-state index in [9.17, 15) is 9.59 Å². The highest BCUT2D eigenvalue weighted by molar-refractivity contribution is 6.30. The second-order valence-electron chi connectivity index (χ2n) is 5.41. The summed E-state index contributed by atoms with van der Waals surface area (Å²) in [5, 5.41) is 0.598. The minimum atomic E-state index is -0.677. The van der Waals surface area contributed by atoms with Crippen LogP contribution in [0.3, 0.4) is 0 Å². The van der Waals surface area contributed by atoms with E-state index in [0.717, 1.165) is 0 Å². The lowest BCUT2D eigenvalue weighted by Gasteiger charge is -2.09. The highest BCUT2D eigenvalue weighted by atomic mass is 35.5. The Morgan fingerprint density at radius 1 is 1.40 bits per heavy atom. The molecule has 130 valence electrons. The number of fused-ring (bicyclic) bond motifs is 1. The van der Waals surface area contributed by atoms with E-state index in [2.05, 4.69) is 4.98 Å². The summed E-state index contributed by atoms with van der Waals surface area (Å²) in [5.74, 6) is 0.140. The van der Waals surface area contributed by atoms with Crippen LogP contribution in [0.5, 0.6) is 5.75 Å². The summed E-state index contributed by atoms with van der Waals surface area (Å²) in [5.41, 5.74) is 0.409. The topological polar surface area (TPSA) is 83.6 Å². The number of aryl methyl sites for hydroxylation is 2. The minimum absolute atomic E-state index is 0.0603. The summed E-state index contributed by atoms with van der Waals surface area (Å²) >= 11 is 5.97. The lowest BCUT2D eigenvalue weighted by Crippen LogP contribution is -2.19. The van der Waals surface area contributed by atoms with Gasteiger partial charge in [0.15, 0.2) is 0 Å². The molecule has 0 spiro atoms. The van der Waals surface area contributed by atoms with Crippen molar-refractivity contribution in [2.75, 3.05) is 7.11 Å². The van der Waals surface area contributed by atoms with Crippen LogP contribution in [-0.4, -0.2) is 22.6 Å². The lowest BCUT2D eigenvalue weighted by atomic mass is 10.2. The molecule has 0 saturated carbocycles. The van der Waals surface area contributed by atoms with E-state index in [1.54, 1.807) is 32.2 Å². The number of furan rings is 1. The van der Waals surface area contributed by atoms with Crippen molar-refractivity contribution < 1.29 is 18.7 Å². The number of methoxy groups -OCH3 is 1. The molecule has 3 rings (SSSR count). The van der Waals surface area contributed by atoms with E-state index < -0.39 is 5.97 Å². The predicted molar refractivity (Wildman–Crippen MR) is 91.1 cm³/mol. The van der Waals surface area contributed by atoms with E-state index in [0.29, 0.717) is 16.3 Å². The largest absolute Gasteiger partial charge is 0.496 e. The predicted octanol–water partition coefficient (Wildman–Crippen LogP) is 2.85. The Morgan fingerprint density at radius 3 is 2.88 bits per heavy atom. The van der Waals surface area contributed by atoms with E-state index >= 15 is 0 Å². The second-order valence-corrected chi connectivity index (χ2v) is 5.84. The molecule has 25 heavy (non-hydrogen) atoms. The lowest BCUT2D eigenvalue weighted by molar-refractivity contribution is 0.0470. The fourth-order valence-electron chi connectivity index (χ4n) is 2.51. The number of hydrogen-bond acceptors (Lipinski definition) is 6. The number of carbonyl (C=O) groups is 1. The molecule has 0 bridgehead atoms. The van der Waals surface area contributed by atoms with Crippen LogP contribution in [0.15, 0.2) is 33.7 Å². The van der Waals surface area contributed by atoms with Crippen molar-refractivity contribution in [2.45, 2.75) is 13.5 Å². The number of carbonyl (C=O) groups excluding carboxylic acids is 1. The quantitative estimate of drug-likeness (QED) is 0.663. The van der Waals surface area contributed by atoms with E-state index in [1.807, 2.05) is 0 Å². The van der Waals surface area contributed by atoms with Crippen LogP contribution >= 0.6 is 11.6 Å². The van der Waals surface area contributed by atoms with Gasteiger partial charge in [-0.05, 0) is 25.1 Å². The highest BCUT2D eigenvalue weighted by Crippen LogP contribution is 2.25. The van der Waals surface area contributed by atoms with Crippen molar-refractivity contribution in [2.24, 2.45) is 7.05 Å². The van der Waals surface area contributed by atoms with E-state index in [4.69, 9.17) is 25.5 Å². The minimum Gasteiger partial charge on any atom is -0.496 e. The Morgan fingerprint density at radius 2 is 2.16 bits per heavy atom. The Labute approximate surface area is 147 Å². The van der Waals surface area contributed by atoms with Gasteiger partial charge in [0.25, 0.3) is 5.56 Å². The molecule has 2 heterocycles. The monoisotopic (exact) mass is 362 g/mol. The number of halogens is 1. The van der Waals surface area contributed by atoms with E-state index in [-0.39, 0.29) is 34.6 Å².